The molecule has 5 atom stereocenters. The van der Waals surface area contributed by atoms with E-state index >= 15 is 0 Å². The van der Waals surface area contributed by atoms with Gasteiger partial charge in [0.25, 0.3) is 0 Å². The number of hydrogen-bond acceptors (Lipinski definition) is 4. The van der Waals surface area contributed by atoms with Gasteiger partial charge in [0.2, 0.25) is 0 Å². The Morgan fingerprint density at radius 1 is 0.975 bits per heavy atom. The Bertz CT molecular complexity index is 998. The van der Waals surface area contributed by atoms with Gasteiger partial charge in [-0.05, 0) is 95.6 Å². The van der Waals surface area contributed by atoms with Gasteiger partial charge in [0.15, 0.2) is 0 Å². The lowest BCUT2D eigenvalue weighted by Crippen LogP contribution is -2.29. The van der Waals surface area contributed by atoms with E-state index in [1.807, 2.05) is 19.1 Å². The average molecular weight is 557 g/mol. The van der Waals surface area contributed by atoms with Crippen LogP contribution >= 0.6 is 0 Å². The normalized spacial score (nSPS) is 20.9. The van der Waals surface area contributed by atoms with Crippen LogP contribution in [-0.2, 0) is 19.2 Å². The first-order valence-corrected chi connectivity index (χ1v) is 15.4. The maximum absolute atomic E-state index is 13.6. The second-order valence-corrected chi connectivity index (χ2v) is 13.1. The molecule has 0 heterocycles. The third kappa shape index (κ3) is 9.27. The van der Waals surface area contributed by atoms with Crippen LogP contribution in [0.15, 0.2) is 24.3 Å². The summed E-state index contributed by atoms with van der Waals surface area (Å²) in [7, 11) is 0. The van der Waals surface area contributed by atoms with Crippen LogP contribution < -0.4 is 0 Å². The Hall–Kier alpha value is -2.50. The molecule has 2 rings (SSSR count). The number of carbonyl (C=O) groups excluding carboxylic acids is 2. The zero-order chi connectivity index (χ0) is 29.9. The first-order valence-electron chi connectivity index (χ1n) is 15.4. The first-order chi connectivity index (χ1) is 18.9. The van der Waals surface area contributed by atoms with E-state index < -0.39 is 22.8 Å². The molecule has 0 spiro atoms. The summed E-state index contributed by atoms with van der Waals surface area (Å²) in [5, 5.41) is 18.9. The number of rotatable bonds is 18. The van der Waals surface area contributed by atoms with Crippen molar-refractivity contribution in [1.82, 2.24) is 0 Å². The molecule has 0 bridgehead atoms. The molecule has 1 aliphatic rings. The molecule has 0 radical (unpaired) electrons. The number of Topliss-reactive ketones (excluding diaryl/α,β-unsaturated/α-hetero) is 1. The second kappa shape index (κ2) is 15.5. The Labute approximate surface area is 241 Å². The van der Waals surface area contributed by atoms with E-state index in [9.17, 15) is 29.4 Å². The fraction of sp³-hybridized carbons (Fsp3) is 0.706. The highest BCUT2D eigenvalue weighted by atomic mass is 16.4. The highest BCUT2D eigenvalue weighted by Crippen LogP contribution is 2.40. The van der Waals surface area contributed by atoms with Gasteiger partial charge in [-0.25, -0.2) is 0 Å². The molecule has 2 N–H and O–H groups in total. The van der Waals surface area contributed by atoms with E-state index in [0.29, 0.717) is 25.0 Å². The van der Waals surface area contributed by atoms with Gasteiger partial charge in [-0.3, -0.25) is 14.4 Å². The number of carboxylic acids is 2. The monoisotopic (exact) mass is 556 g/mol. The van der Waals surface area contributed by atoms with Crippen LogP contribution in [0, 0.1) is 22.7 Å². The summed E-state index contributed by atoms with van der Waals surface area (Å²) in [5.74, 6) is -1.14. The molecule has 1 saturated carbocycles. The van der Waals surface area contributed by atoms with E-state index in [1.54, 1.807) is 20.8 Å². The zero-order valence-corrected chi connectivity index (χ0v) is 25.4. The average Bonchev–Trinajstić information content (AvgIpc) is 2.92. The largest absolute Gasteiger partial charge is 0.481 e. The summed E-state index contributed by atoms with van der Waals surface area (Å²) >= 11 is 0. The summed E-state index contributed by atoms with van der Waals surface area (Å²) in [4.78, 5) is 48.3. The van der Waals surface area contributed by atoms with Gasteiger partial charge < -0.3 is 15.0 Å². The smallest absolute Gasteiger partial charge is 0.309 e. The van der Waals surface area contributed by atoms with Crippen molar-refractivity contribution in [3.05, 3.63) is 35.4 Å². The molecule has 1 aromatic rings. The number of ketones is 1. The Balaban J connectivity index is 1.95. The molecule has 1 aliphatic carbocycles. The lowest BCUT2D eigenvalue weighted by molar-refractivity contribution is -0.149. The number of aldehydes is 1. The van der Waals surface area contributed by atoms with E-state index in [2.05, 4.69) is 19.1 Å². The van der Waals surface area contributed by atoms with Crippen LogP contribution in [0.2, 0.25) is 0 Å². The SMILES string of the molecule is CCC(C)(CCCC(C=O)CCCC(C)c1ccccc1C1CCCC(CCCC(C)(C)C(=O)O)C1=O)C(=O)O. The molecule has 1 aromatic carbocycles. The van der Waals surface area contributed by atoms with Crippen molar-refractivity contribution in [2.75, 3.05) is 0 Å². The zero-order valence-electron chi connectivity index (χ0n) is 25.4. The third-order valence-electron chi connectivity index (χ3n) is 9.63. The van der Waals surface area contributed by atoms with Crippen LogP contribution in [0.25, 0.3) is 0 Å². The molecule has 5 unspecified atom stereocenters. The van der Waals surface area contributed by atoms with Gasteiger partial charge in [0.1, 0.15) is 12.1 Å². The Morgan fingerprint density at radius 3 is 2.27 bits per heavy atom. The number of hydrogen-bond donors (Lipinski definition) is 2. The van der Waals surface area contributed by atoms with Gasteiger partial charge in [0, 0.05) is 17.8 Å². The summed E-state index contributed by atoms with van der Waals surface area (Å²) in [6.45, 7) is 9.37. The quantitative estimate of drug-likeness (QED) is 0.176. The van der Waals surface area contributed by atoms with Crippen molar-refractivity contribution in [2.45, 2.75) is 130 Å². The van der Waals surface area contributed by atoms with Gasteiger partial charge in [0.05, 0.1) is 10.8 Å². The molecule has 6 heteroatoms. The molecule has 1 fully saturated rings. The third-order valence-corrected chi connectivity index (χ3v) is 9.63. The van der Waals surface area contributed by atoms with Crippen LogP contribution in [-0.4, -0.2) is 34.2 Å². The van der Waals surface area contributed by atoms with E-state index in [0.717, 1.165) is 76.1 Å². The molecular formula is C34H52O6. The fourth-order valence-electron chi connectivity index (χ4n) is 6.22. The summed E-state index contributed by atoms with van der Waals surface area (Å²) in [5.41, 5.74) is 0.860. The molecule has 224 valence electrons. The maximum Gasteiger partial charge on any atom is 0.309 e. The summed E-state index contributed by atoms with van der Waals surface area (Å²) in [6, 6.07) is 8.30. The standard InChI is InChI=1S/C34H52O6/c1-6-34(5,32(39)40)22-11-15-25(23-35)14-9-13-24(2)27-18-7-8-19-28(27)29-20-10-16-26(30(29)36)17-12-21-33(3,4)31(37)38/h7-8,18-19,23-26,29H,6,9-17,20-22H2,1-5H3,(H,37,38)(H,39,40). The minimum atomic E-state index is -0.791. The fourth-order valence-corrected chi connectivity index (χ4v) is 6.22. The number of carbonyl (C=O) groups is 4. The van der Waals surface area contributed by atoms with Crippen molar-refractivity contribution >= 4 is 24.0 Å². The van der Waals surface area contributed by atoms with Gasteiger partial charge in [-0.1, -0.05) is 63.8 Å². The number of aliphatic carboxylic acids is 2. The molecule has 6 nitrogen and oxygen atoms in total. The van der Waals surface area contributed by atoms with E-state index in [1.165, 1.54) is 5.56 Å². The summed E-state index contributed by atoms with van der Waals surface area (Å²) in [6.07, 6.45) is 11.1. The van der Waals surface area contributed by atoms with Gasteiger partial charge >= 0.3 is 11.9 Å². The minimum Gasteiger partial charge on any atom is -0.481 e. The summed E-state index contributed by atoms with van der Waals surface area (Å²) < 4.78 is 0. The molecule has 40 heavy (non-hydrogen) atoms. The van der Waals surface area contributed by atoms with E-state index in [-0.39, 0.29) is 23.7 Å². The maximum atomic E-state index is 13.6. The van der Waals surface area contributed by atoms with Gasteiger partial charge in [-0.15, -0.1) is 0 Å². The predicted molar refractivity (Wildman–Crippen MR) is 159 cm³/mol. The number of benzene rings is 1. The van der Waals surface area contributed by atoms with Crippen molar-refractivity contribution in [3.8, 4) is 0 Å². The molecular weight excluding hydrogens is 504 g/mol. The first kappa shape index (κ1) is 33.7. The van der Waals surface area contributed by atoms with Crippen molar-refractivity contribution < 1.29 is 29.4 Å². The van der Waals surface area contributed by atoms with Crippen LogP contribution in [0.5, 0.6) is 0 Å². The predicted octanol–water partition coefficient (Wildman–Crippen LogP) is 8.18. The molecule has 0 saturated heterocycles. The second-order valence-electron chi connectivity index (χ2n) is 13.1. The topological polar surface area (TPSA) is 109 Å². The minimum absolute atomic E-state index is 0.00394. The van der Waals surface area contributed by atoms with Crippen LogP contribution in [0.4, 0.5) is 0 Å². The lowest BCUT2D eigenvalue weighted by atomic mass is 9.72. The molecule has 0 aliphatic heterocycles. The van der Waals surface area contributed by atoms with Crippen molar-refractivity contribution in [3.63, 3.8) is 0 Å². The number of carboxylic acid groups (broad SMARTS) is 2. The van der Waals surface area contributed by atoms with Gasteiger partial charge in [-0.2, -0.15) is 0 Å². The molecule has 0 aromatic heterocycles. The Kier molecular flexibility index (Phi) is 13.0. The molecule has 0 amide bonds. The van der Waals surface area contributed by atoms with E-state index in [4.69, 9.17) is 0 Å². The Morgan fingerprint density at radius 2 is 1.65 bits per heavy atom. The van der Waals surface area contributed by atoms with Crippen LogP contribution in [0.3, 0.4) is 0 Å². The highest BCUT2D eigenvalue weighted by Gasteiger charge is 2.35. The lowest BCUT2D eigenvalue weighted by Gasteiger charge is -2.31. The van der Waals surface area contributed by atoms with Crippen molar-refractivity contribution in [2.24, 2.45) is 22.7 Å². The van der Waals surface area contributed by atoms with Crippen molar-refractivity contribution in [1.29, 1.82) is 0 Å². The highest BCUT2D eigenvalue weighted by molar-refractivity contribution is 5.89. The van der Waals surface area contributed by atoms with Crippen LogP contribution in [0.1, 0.15) is 141 Å².